The van der Waals surface area contributed by atoms with E-state index in [1.165, 1.54) is 4.68 Å². The highest BCUT2D eigenvalue weighted by molar-refractivity contribution is 6.06. The van der Waals surface area contributed by atoms with E-state index in [1.807, 2.05) is 64.1 Å². The molecule has 0 fully saturated rings. The first-order chi connectivity index (χ1) is 13.7. The summed E-state index contributed by atoms with van der Waals surface area (Å²) in [5.74, 6) is -0.752. The summed E-state index contributed by atoms with van der Waals surface area (Å²) in [5, 5.41) is 13.3. The molecule has 8 heteroatoms. The molecule has 150 valence electrons. The molecule has 4 N–H and O–H groups in total. The molecule has 0 radical (unpaired) electrons. The number of carbonyl (C=O) groups excluding carboxylic acids is 2. The van der Waals surface area contributed by atoms with Gasteiger partial charge in [0.05, 0.1) is 0 Å². The van der Waals surface area contributed by atoms with Crippen molar-refractivity contribution in [1.29, 1.82) is 0 Å². The van der Waals surface area contributed by atoms with Gasteiger partial charge in [-0.2, -0.15) is 0 Å². The summed E-state index contributed by atoms with van der Waals surface area (Å²) >= 11 is 0. The van der Waals surface area contributed by atoms with Gasteiger partial charge < -0.3 is 16.4 Å². The van der Waals surface area contributed by atoms with Crippen molar-refractivity contribution in [2.75, 3.05) is 16.4 Å². The number of aromatic nitrogens is 3. The number of nitrogens with zero attached hydrogens (tertiary/aromatic N) is 3. The lowest BCUT2D eigenvalue weighted by molar-refractivity contribution is -0.116. The van der Waals surface area contributed by atoms with Gasteiger partial charge in [0.15, 0.2) is 11.5 Å². The standard InChI is InChI=1S/C21H24N6O2/c1-12-5-7-14(3)16(9-12)23-18(28)11-27-20(22)19(25-26-27)21(29)24-17-10-13(2)6-8-15(17)4/h5-10H,11,22H2,1-4H3,(H,23,28)(H,24,29). The number of anilines is 3. The Kier molecular flexibility index (Phi) is 5.63. The molecule has 0 aliphatic rings. The minimum atomic E-state index is -0.475. The van der Waals surface area contributed by atoms with Gasteiger partial charge >= 0.3 is 0 Å². The molecular formula is C21H24N6O2. The Morgan fingerprint density at radius 2 is 1.48 bits per heavy atom. The summed E-state index contributed by atoms with van der Waals surface area (Å²) in [4.78, 5) is 25.0. The van der Waals surface area contributed by atoms with Crippen molar-refractivity contribution in [3.8, 4) is 0 Å². The second-order valence-electron chi connectivity index (χ2n) is 7.12. The molecule has 0 aliphatic carbocycles. The molecule has 0 spiro atoms. The summed E-state index contributed by atoms with van der Waals surface area (Å²) in [6, 6.07) is 11.5. The lowest BCUT2D eigenvalue weighted by Crippen LogP contribution is -2.22. The number of amides is 2. The van der Waals surface area contributed by atoms with E-state index in [-0.39, 0.29) is 24.0 Å². The van der Waals surface area contributed by atoms with Crippen molar-refractivity contribution < 1.29 is 9.59 Å². The molecule has 0 bridgehead atoms. The quantitative estimate of drug-likeness (QED) is 0.617. The Balaban J connectivity index is 1.71. The van der Waals surface area contributed by atoms with E-state index in [2.05, 4.69) is 20.9 Å². The van der Waals surface area contributed by atoms with Crippen LogP contribution in [0.4, 0.5) is 17.2 Å². The van der Waals surface area contributed by atoms with E-state index < -0.39 is 5.91 Å². The van der Waals surface area contributed by atoms with E-state index in [0.29, 0.717) is 5.69 Å². The lowest BCUT2D eigenvalue weighted by atomic mass is 10.1. The van der Waals surface area contributed by atoms with Gasteiger partial charge in [0.2, 0.25) is 5.91 Å². The first-order valence-corrected chi connectivity index (χ1v) is 9.19. The molecule has 3 aromatic rings. The number of rotatable bonds is 5. The number of hydrogen-bond acceptors (Lipinski definition) is 5. The van der Waals surface area contributed by atoms with Crippen LogP contribution in [0.2, 0.25) is 0 Å². The molecule has 0 atom stereocenters. The first kappa shape index (κ1) is 20.1. The first-order valence-electron chi connectivity index (χ1n) is 9.19. The normalized spacial score (nSPS) is 10.6. The summed E-state index contributed by atoms with van der Waals surface area (Å²) in [7, 11) is 0. The number of nitrogen functional groups attached to an aromatic ring is 1. The highest BCUT2D eigenvalue weighted by Crippen LogP contribution is 2.19. The second kappa shape index (κ2) is 8.14. The Bertz CT molecular complexity index is 1090. The zero-order valence-corrected chi connectivity index (χ0v) is 16.9. The van der Waals surface area contributed by atoms with Crippen LogP contribution in [0.25, 0.3) is 0 Å². The van der Waals surface area contributed by atoms with Crippen LogP contribution >= 0.6 is 0 Å². The fourth-order valence-electron chi connectivity index (χ4n) is 2.85. The van der Waals surface area contributed by atoms with Crippen LogP contribution in [0.1, 0.15) is 32.7 Å². The Morgan fingerprint density at radius 3 is 2.07 bits per heavy atom. The highest BCUT2D eigenvalue weighted by Gasteiger charge is 2.20. The smallest absolute Gasteiger partial charge is 0.280 e. The van der Waals surface area contributed by atoms with Crippen molar-refractivity contribution in [3.05, 3.63) is 64.3 Å². The number of nitrogens with one attached hydrogen (secondary N) is 2. The second-order valence-corrected chi connectivity index (χ2v) is 7.12. The van der Waals surface area contributed by atoms with Gasteiger partial charge in [-0.3, -0.25) is 9.59 Å². The Labute approximate surface area is 169 Å². The van der Waals surface area contributed by atoms with Crippen molar-refractivity contribution in [1.82, 2.24) is 15.0 Å². The van der Waals surface area contributed by atoms with Gasteiger partial charge in [0.25, 0.3) is 5.91 Å². The van der Waals surface area contributed by atoms with Crippen molar-refractivity contribution in [2.24, 2.45) is 0 Å². The van der Waals surface area contributed by atoms with E-state index >= 15 is 0 Å². The maximum Gasteiger partial charge on any atom is 0.280 e. The zero-order valence-electron chi connectivity index (χ0n) is 16.9. The molecule has 1 heterocycles. The average Bonchev–Trinajstić information content (AvgIpc) is 3.01. The fraction of sp³-hybridized carbons (Fsp3) is 0.238. The van der Waals surface area contributed by atoms with E-state index in [1.54, 1.807) is 0 Å². The van der Waals surface area contributed by atoms with E-state index in [9.17, 15) is 9.59 Å². The van der Waals surface area contributed by atoms with Gasteiger partial charge in [-0.05, 0) is 62.1 Å². The minimum Gasteiger partial charge on any atom is -0.382 e. The maximum atomic E-state index is 12.6. The predicted molar refractivity (Wildman–Crippen MR) is 113 cm³/mol. The van der Waals surface area contributed by atoms with E-state index in [0.717, 1.165) is 27.9 Å². The average molecular weight is 392 g/mol. The van der Waals surface area contributed by atoms with Crippen LogP contribution in [-0.4, -0.2) is 26.8 Å². The lowest BCUT2D eigenvalue weighted by Gasteiger charge is -2.10. The van der Waals surface area contributed by atoms with E-state index in [4.69, 9.17) is 5.73 Å². The van der Waals surface area contributed by atoms with Crippen LogP contribution < -0.4 is 16.4 Å². The van der Waals surface area contributed by atoms with Crippen LogP contribution in [0.5, 0.6) is 0 Å². The van der Waals surface area contributed by atoms with Crippen LogP contribution in [0.3, 0.4) is 0 Å². The summed E-state index contributed by atoms with van der Waals surface area (Å²) in [6.45, 7) is 7.55. The van der Waals surface area contributed by atoms with Crippen LogP contribution in [-0.2, 0) is 11.3 Å². The number of nitrogens with two attached hydrogens (primary N) is 1. The molecule has 0 unspecified atom stereocenters. The van der Waals surface area contributed by atoms with Crippen molar-refractivity contribution in [2.45, 2.75) is 34.2 Å². The topological polar surface area (TPSA) is 115 Å². The van der Waals surface area contributed by atoms with Gasteiger partial charge in [-0.25, -0.2) is 4.68 Å². The number of carbonyl (C=O) groups is 2. The number of aryl methyl sites for hydroxylation is 4. The molecule has 0 saturated heterocycles. The summed E-state index contributed by atoms with van der Waals surface area (Å²) in [6.07, 6.45) is 0. The summed E-state index contributed by atoms with van der Waals surface area (Å²) < 4.78 is 1.21. The molecule has 2 amide bonds. The SMILES string of the molecule is Cc1ccc(C)c(NC(=O)Cn2nnc(C(=O)Nc3cc(C)ccc3C)c2N)c1. The highest BCUT2D eigenvalue weighted by atomic mass is 16.2. The molecule has 29 heavy (non-hydrogen) atoms. The minimum absolute atomic E-state index is 0.0227. The summed E-state index contributed by atoms with van der Waals surface area (Å²) in [5.41, 5.74) is 11.3. The zero-order chi connectivity index (χ0) is 21.1. The molecular weight excluding hydrogens is 368 g/mol. The van der Waals surface area contributed by atoms with Gasteiger partial charge in [-0.1, -0.05) is 29.5 Å². The molecule has 2 aromatic carbocycles. The third-order valence-electron chi connectivity index (χ3n) is 4.59. The number of hydrogen-bond donors (Lipinski definition) is 3. The van der Waals surface area contributed by atoms with Crippen molar-refractivity contribution >= 4 is 29.0 Å². The third-order valence-corrected chi connectivity index (χ3v) is 4.59. The Hall–Kier alpha value is -3.68. The molecule has 8 nitrogen and oxygen atoms in total. The monoisotopic (exact) mass is 392 g/mol. The maximum absolute atomic E-state index is 12.6. The number of benzene rings is 2. The fourth-order valence-corrected chi connectivity index (χ4v) is 2.85. The molecule has 1 aromatic heterocycles. The van der Waals surface area contributed by atoms with Gasteiger partial charge in [-0.15, -0.1) is 5.10 Å². The van der Waals surface area contributed by atoms with Crippen molar-refractivity contribution in [3.63, 3.8) is 0 Å². The van der Waals surface area contributed by atoms with Crippen LogP contribution in [0.15, 0.2) is 36.4 Å². The third kappa shape index (κ3) is 4.60. The van der Waals surface area contributed by atoms with Gasteiger partial charge in [0, 0.05) is 11.4 Å². The van der Waals surface area contributed by atoms with Crippen LogP contribution in [0, 0.1) is 27.7 Å². The Morgan fingerprint density at radius 1 is 0.931 bits per heavy atom. The van der Waals surface area contributed by atoms with Gasteiger partial charge in [0.1, 0.15) is 6.54 Å². The largest absolute Gasteiger partial charge is 0.382 e. The molecule has 0 saturated carbocycles. The molecule has 3 rings (SSSR count). The molecule has 0 aliphatic heterocycles. The predicted octanol–water partition coefficient (Wildman–Crippen LogP) is 2.98.